The van der Waals surface area contributed by atoms with Gasteiger partial charge >= 0.3 is 5.97 Å². The van der Waals surface area contributed by atoms with Gasteiger partial charge in [0.2, 0.25) is 0 Å². The number of ether oxygens (including phenoxy) is 1. The van der Waals surface area contributed by atoms with Crippen molar-refractivity contribution >= 4 is 12.0 Å². The number of rotatable bonds is 5. The van der Waals surface area contributed by atoms with E-state index in [1.54, 1.807) is 12.4 Å². The molecule has 0 unspecified atom stereocenters. The number of aromatic nitrogens is 2. The maximum atomic E-state index is 10.4. The summed E-state index contributed by atoms with van der Waals surface area (Å²) < 4.78 is 5.49. The van der Waals surface area contributed by atoms with E-state index in [4.69, 9.17) is 9.84 Å². The molecule has 0 spiro atoms. The number of carbonyl (C=O) groups is 1. The fourth-order valence-electron chi connectivity index (χ4n) is 1.36. The molecule has 1 N–H and O–H groups in total. The van der Waals surface area contributed by atoms with Crippen LogP contribution in [0, 0.1) is 0 Å². The fourth-order valence-corrected chi connectivity index (χ4v) is 1.36. The number of carboxylic acids is 1. The minimum Gasteiger partial charge on any atom is -0.486 e. The van der Waals surface area contributed by atoms with Gasteiger partial charge in [0.25, 0.3) is 0 Å². The van der Waals surface area contributed by atoms with E-state index >= 15 is 0 Å². The molecule has 2 aromatic rings. The first kappa shape index (κ1) is 12.8. The molecule has 19 heavy (non-hydrogen) atoms. The maximum Gasteiger partial charge on any atom is 0.328 e. The van der Waals surface area contributed by atoms with Gasteiger partial charge in [-0.1, -0.05) is 18.2 Å². The van der Waals surface area contributed by atoms with Gasteiger partial charge in [0.1, 0.15) is 12.4 Å². The Bertz CT molecular complexity index is 565. The van der Waals surface area contributed by atoms with E-state index in [2.05, 4.69) is 9.97 Å². The van der Waals surface area contributed by atoms with Crippen LogP contribution < -0.4 is 4.74 Å². The van der Waals surface area contributed by atoms with Crippen molar-refractivity contribution in [1.29, 1.82) is 0 Å². The SMILES string of the molecule is O=C(O)/C=C/c1cnc(COc2ccccc2)nc1. The van der Waals surface area contributed by atoms with Crippen LogP contribution >= 0.6 is 0 Å². The predicted molar refractivity (Wildman–Crippen MR) is 69.5 cm³/mol. The molecule has 0 aliphatic heterocycles. The number of benzene rings is 1. The quantitative estimate of drug-likeness (QED) is 0.830. The zero-order valence-electron chi connectivity index (χ0n) is 10.1. The van der Waals surface area contributed by atoms with Crippen LogP contribution in [0.2, 0.25) is 0 Å². The second-order valence-electron chi connectivity index (χ2n) is 3.71. The predicted octanol–water partition coefficient (Wildman–Crippen LogP) is 2.15. The average molecular weight is 256 g/mol. The zero-order valence-corrected chi connectivity index (χ0v) is 10.1. The van der Waals surface area contributed by atoms with Gasteiger partial charge in [0, 0.05) is 24.0 Å². The van der Waals surface area contributed by atoms with E-state index in [9.17, 15) is 4.79 Å². The Kier molecular flexibility index (Phi) is 4.23. The van der Waals surface area contributed by atoms with Crippen LogP contribution in [0.3, 0.4) is 0 Å². The van der Waals surface area contributed by atoms with Gasteiger partial charge in [-0.15, -0.1) is 0 Å². The van der Waals surface area contributed by atoms with Crippen molar-refractivity contribution in [3.05, 3.63) is 60.2 Å². The molecule has 0 atom stereocenters. The van der Waals surface area contributed by atoms with E-state index in [0.717, 1.165) is 11.8 Å². The first-order valence-corrected chi connectivity index (χ1v) is 5.64. The highest BCUT2D eigenvalue weighted by Crippen LogP contribution is 2.10. The molecule has 0 aliphatic carbocycles. The number of hydrogen-bond donors (Lipinski definition) is 1. The van der Waals surface area contributed by atoms with E-state index in [1.807, 2.05) is 30.3 Å². The van der Waals surface area contributed by atoms with Gasteiger partial charge in [0.15, 0.2) is 5.82 Å². The van der Waals surface area contributed by atoms with Gasteiger partial charge < -0.3 is 9.84 Å². The molecular formula is C14H12N2O3. The zero-order chi connectivity index (χ0) is 13.5. The van der Waals surface area contributed by atoms with Gasteiger partial charge in [0.05, 0.1) is 0 Å². The maximum absolute atomic E-state index is 10.4. The molecule has 1 aromatic heterocycles. The molecule has 0 fully saturated rings. The van der Waals surface area contributed by atoms with Crippen LogP contribution in [0.4, 0.5) is 0 Å². The number of carboxylic acid groups (broad SMARTS) is 1. The third-order valence-corrected chi connectivity index (χ3v) is 2.25. The molecule has 0 radical (unpaired) electrons. The molecule has 0 amide bonds. The number of aliphatic carboxylic acids is 1. The minimum absolute atomic E-state index is 0.271. The van der Waals surface area contributed by atoms with Crippen LogP contribution in [0.5, 0.6) is 5.75 Å². The van der Waals surface area contributed by atoms with Gasteiger partial charge in [-0.2, -0.15) is 0 Å². The Morgan fingerprint density at radius 3 is 2.53 bits per heavy atom. The first-order chi connectivity index (χ1) is 9.24. The summed E-state index contributed by atoms with van der Waals surface area (Å²) in [5.74, 6) is 0.286. The van der Waals surface area contributed by atoms with Crippen LogP contribution in [0.25, 0.3) is 6.08 Å². The van der Waals surface area contributed by atoms with Crippen molar-refractivity contribution in [2.45, 2.75) is 6.61 Å². The Balaban J connectivity index is 1.94. The third kappa shape index (κ3) is 4.23. The van der Waals surface area contributed by atoms with Crippen LogP contribution in [-0.2, 0) is 11.4 Å². The van der Waals surface area contributed by atoms with E-state index in [0.29, 0.717) is 11.4 Å². The first-order valence-electron chi connectivity index (χ1n) is 5.64. The molecule has 0 saturated carbocycles. The van der Waals surface area contributed by atoms with Crippen LogP contribution in [0.1, 0.15) is 11.4 Å². The summed E-state index contributed by atoms with van der Waals surface area (Å²) in [4.78, 5) is 18.5. The molecular weight excluding hydrogens is 244 g/mol. The number of para-hydroxylation sites is 1. The summed E-state index contributed by atoms with van der Waals surface area (Å²) in [6.07, 6.45) is 5.58. The molecule has 5 heteroatoms. The monoisotopic (exact) mass is 256 g/mol. The molecule has 1 aromatic carbocycles. The summed E-state index contributed by atoms with van der Waals surface area (Å²) in [6.45, 7) is 0.271. The second-order valence-corrected chi connectivity index (χ2v) is 3.71. The summed E-state index contributed by atoms with van der Waals surface area (Å²) in [7, 11) is 0. The Hall–Kier alpha value is -2.69. The normalized spacial score (nSPS) is 10.5. The largest absolute Gasteiger partial charge is 0.486 e. The lowest BCUT2D eigenvalue weighted by Crippen LogP contribution is -2.01. The van der Waals surface area contributed by atoms with E-state index in [1.165, 1.54) is 6.08 Å². The van der Waals surface area contributed by atoms with Gasteiger partial charge in [-0.05, 0) is 18.2 Å². The minimum atomic E-state index is -1.00. The van der Waals surface area contributed by atoms with Crippen molar-refractivity contribution in [3.63, 3.8) is 0 Å². The van der Waals surface area contributed by atoms with Crippen molar-refractivity contribution in [2.75, 3.05) is 0 Å². The van der Waals surface area contributed by atoms with E-state index in [-0.39, 0.29) is 6.61 Å². The standard InChI is InChI=1S/C14H12N2O3/c17-14(18)7-6-11-8-15-13(16-9-11)10-19-12-4-2-1-3-5-12/h1-9H,10H2,(H,17,18)/b7-6+. The molecule has 0 aliphatic rings. The lowest BCUT2D eigenvalue weighted by Gasteiger charge is -2.04. The van der Waals surface area contributed by atoms with E-state index < -0.39 is 5.97 Å². The molecule has 0 saturated heterocycles. The lowest BCUT2D eigenvalue weighted by molar-refractivity contribution is -0.131. The molecule has 96 valence electrons. The second kappa shape index (κ2) is 6.30. The van der Waals surface area contributed by atoms with Crippen LogP contribution in [-0.4, -0.2) is 21.0 Å². The summed E-state index contributed by atoms with van der Waals surface area (Å²) in [5, 5.41) is 8.49. The molecule has 2 rings (SSSR count). The third-order valence-electron chi connectivity index (χ3n) is 2.25. The lowest BCUT2D eigenvalue weighted by atomic mass is 10.3. The molecule has 1 heterocycles. The summed E-state index contributed by atoms with van der Waals surface area (Å²) in [5.41, 5.74) is 0.630. The Morgan fingerprint density at radius 1 is 1.21 bits per heavy atom. The van der Waals surface area contributed by atoms with Gasteiger partial charge in [-0.25, -0.2) is 14.8 Å². The van der Waals surface area contributed by atoms with Crippen molar-refractivity contribution in [2.24, 2.45) is 0 Å². The highest BCUT2D eigenvalue weighted by molar-refractivity contribution is 5.85. The van der Waals surface area contributed by atoms with Crippen molar-refractivity contribution < 1.29 is 14.6 Å². The Labute approximate surface area is 110 Å². The Morgan fingerprint density at radius 2 is 1.89 bits per heavy atom. The highest BCUT2D eigenvalue weighted by atomic mass is 16.5. The molecule has 5 nitrogen and oxygen atoms in total. The average Bonchev–Trinajstić information content (AvgIpc) is 2.45. The number of nitrogens with zero attached hydrogens (tertiary/aromatic N) is 2. The summed E-state index contributed by atoms with van der Waals surface area (Å²) >= 11 is 0. The van der Waals surface area contributed by atoms with Crippen LogP contribution in [0.15, 0.2) is 48.8 Å². The fraction of sp³-hybridized carbons (Fsp3) is 0.0714. The van der Waals surface area contributed by atoms with Gasteiger partial charge in [-0.3, -0.25) is 0 Å². The molecule has 0 bridgehead atoms. The van der Waals surface area contributed by atoms with Crippen molar-refractivity contribution in [3.8, 4) is 5.75 Å². The number of hydrogen-bond acceptors (Lipinski definition) is 4. The highest BCUT2D eigenvalue weighted by Gasteiger charge is 1.98. The van der Waals surface area contributed by atoms with Crippen molar-refractivity contribution in [1.82, 2.24) is 9.97 Å². The smallest absolute Gasteiger partial charge is 0.328 e. The summed E-state index contributed by atoms with van der Waals surface area (Å²) in [6, 6.07) is 9.38. The topological polar surface area (TPSA) is 72.3 Å².